The van der Waals surface area contributed by atoms with E-state index in [1.807, 2.05) is 4.68 Å². The summed E-state index contributed by atoms with van der Waals surface area (Å²) >= 11 is 0. The molecule has 0 saturated carbocycles. The van der Waals surface area contributed by atoms with Crippen molar-refractivity contribution in [3.05, 3.63) is 11.6 Å². The van der Waals surface area contributed by atoms with E-state index in [2.05, 4.69) is 34.6 Å². The fourth-order valence-corrected chi connectivity index (χ4v) is 3.10. The Kier molecular flexibility index (Phi) is 5.27. The molecule has 7 heteroatoms. The van der Waals surface area contributed by atoms with Crippen LogP contribution in [-0.4, -0.2) is 52.5 Å². The molecule has 0 aliphatic carbocycles. The highest BCUT2D eigenvalue weighted by molar-refractivity contribution is 5.78. The van der Waals surface area contributed by atoms with Crippen LogP contribution in [0.25, 0.3) is 0 Å². The third-order valence-corrected chi connectivity index (χ3v) is 4.53. The summed E-state index contributed by atoms with van der Waals surface area (Å²) in [5, 5.41) is 11.0. The van der Waals surface area contributed by atoms with E-state index in [9.17, 15) is 4.79 Å². The Morgan fingerprint density at radius 3 is 2.83 bits per heavy atom. The first-order valence-electron chi connectivity index (χ1n) is 8.66. The lowest BCUT2D eigenvalue weighted by Gasteiger charge is -2.25. The summed E-state index contributed by atoms with van der Waals surface area (Å²) in [6.07, 6.45) is 3.74. The van der Waals surface area contributed by atoms with E-state index >= 15 is 0 Å². The molecule has 0 radical (unpaired) electrons. The number of fused-ring (bicyclic) bond motifs is 1. The molecule has 1 saturated heterocycles. The number of carbonyl (C=O) groups excluding carboxylic acids is 1. The van der Waals surface area contributed by atoms with E-state index < -0.39 is 0 Å². The number of hydrogen-bond acceptors (Lipinski definition) is 5. The van der Waals surface area contributed by atoms with Crippen LogP contribution in [0, 0.1) is 0 Å². The van der Waals surface area contributed by atoms with Gasteiger partial charge in [-0.3, -0.25) is 4.79 Å². The lowest BCUT2D eigenvalue weighted by Crippen LogP contribution is -2.46. The zero-order valence-corrected chi connectivity index (χ0v) is 14.0. The quantitative estimate of drug-likeness (QED) is 0.830. The second kappa shape index (κ2) is 7.40. The first kappa shape index (κ1) is 16.4. The number of nitrogens with zero attached hydrogens (tertiary/aromatic N) is 3. The molecule has 1 amide bonds. The van der Waals surface area contributed by atoms with Gasteiger partial charge in [0, 0.05) is 37.6 Å². The number of hydrogen-bond donors (Lipinski definition) is 2. The maximum atomic E-state index is 12.0. The van der Waals surface area contributed by atoms with E-state index in [1.165, 1.54) is 0 Å². The van der Waals surface area contributed by atoms with Gasteiger partial charge in [-0.25, -0.2) is 9.67 Å². The maximum Gasteiger partial charge on any atom is 0.234 e. The van der Waals surface area contributed by atoms with Crippen LogP contribution in [0.1, 0.15) is 50.7 Å². The van der Waals surface area contributed by atoms with Crippen molar-refractivity contribution in [1.82, 2.24) is 25.4 Å². The van der Waals surface area contributed by atoms with Crippen molar-refractivity contribution in [2.45, 2.75) is 64.1 Å². The van der Waals surface area contributed by atoms with Crippen molar-refractivity contribution in [3.63, 3.8) is 0 Å². The molecule has 2 aliphatic rings. The molecule has 1 atom stereocenters. The smallest absolute Gasteiger partial charge is 0.234 e. The van der Waals surface area contributed by atoms with Crippen LogP contribution in [0.2, 0.25) is 0 Å². The molecule has 2 N–H and O–H groups in total. The van der Waals surface area contributed by atoms with Gasteiger partial charge in [0.1, 0.15) is 5.82 Å². The third kappa shape index (κ3) is 4.29. The lowest BCUT2D eigenvalue weighted by atomic mass is 10.1. The SMILES string of the molecule is CC(C)c1nc2n(n1)C[C@H](NCC(=O)NC1CCOCC1)CC2. The molecule has 0 aromatic carbocycles. The zero-order chi connectivity index (χ0) is 16.2. The molecule has 1 fully saturated rings. The van der Waals surface area contributed by atoms with Gasteiger partial charge in [0.25, 0.3) is 0 Å². The van der Waals surface area contributed by atoms with Crippen molar-refractivity contribution in [3.8, 4) is 0 Å². The molecular formula is C16H27N5O2. The van der Waals surface area contributed by atoms with Crippen LogP contribution in [-0.2, 0) is 22.5 Å². The average Bonchev–Trinajstić information content (AvgIpc) is 2.97. The number of aromatic nitrogens is 3. The van der Waals surface area contributed by atoms with Gasteiger partial charge in [0.05, 0.1) is 13.1 Å². The molecular weight excluding hydrogens is 294 g/mol. The van der Waals surface area contributed by atoms with Gasteiger partial charge in [0.15, 0.2) is 5.82 Å². The molecule has 128 valence electrons. The highest BCUT2D eigenvalue weighted by Gasteiger charge is 2.23. The normalized spacial score (nSPS) is 22.1. The average molecular weight is 321 g/mol. The van der Waals surface area contributed by atoms with Crippen molar-refractivity contribution in [1.29, 1.82) is 0 Å². The topological polar surface area (TPSA) is 81.1 Å². The number of amides is 1. The van der Waals surface area contributed by atoms with Gasteiger partial charge in [-0.2, -0.15) is 5.10 Å². The van der Waals surface area contributed by atoms with E-state index in [0.717, 1.165) is 57.1 Å². The molecule has 2 aliphatic heterocycles. The molecule has 23 heavy (non-hydrogen) atoms. The molecule has 7 nitrogen and oxygen atoms in total. The van der Waals surface area contributed by atoms with Gasteiger partial charge < -0.3 is 15.4 Å². The first-order valence-corrected chi connectivity index (χ1v) is 8.66. The summed E-state index contributed by atoms with van der Waals surface area (Å²) in [5.41, 5.74) is 0. The molecule has 3 heterocycles. The number of nitrogens with one attached hydrogen (secondary N) is 2. The molecule has 1 aromatic rings. The fraction of sp³-hybridized carbons (Fsp3) is 0.812. The summed E-state index contributed by atoms with van der Waals surface area (Å²) in [4.78, 5) is 16.6. The van der Waals surface area contributed by atoms with Crippen molar-refractivity contribution in [2.75, 3.05) is 19.8 Å². The van der Waals surface area contributed by atoms with E-state index in [4.69, 9.17) is 4.74 Å². The number of aryl methyl sites for hydroxylation is 1. The van der Waals surface area contributed by atoms with Gasteiger partial charge >= 0.3 is 0 Å². The minimum atomic E-state index is 0.0733. The predicted molar refractivity (Wildman–Crippen MR) is 86.2 cm³/mol. The van der Waals surface area contributed by atoms with Crippen LogP contribution < -0.4 is 10.6 Å². The lowest BCUT2D eigenvalue weighted by molar-refractivity contribution is -0.121. The Bertz CT molecular complexity index is 537. The van der Waals surface area contributed by atoms with Gasteiger partial charge in [-0.05, 0) is 19.3 Å². The second-order valence-electron chi connectivity index (χ2n) is 6.79. The van der Waals surface area contributed by atoms with Crippen molar-refractivity contribution < 1.29 is 9.53 Å². The van der Waals surface area contributed by atoms with Gasteiger partial charge in [-0.1, -0.05) is 13.8 Å². The Morgan fingerprint density at radius 1 is 1.30 bits per heavy atom. The predicted octanol–water partition coefficient (Wildman–Crippen LogP) is 0.601. The number of carbonyl (C=O) groups is 1. The van der Waals surface area contributed by atoms with Crippen LogP contribution in [0.15, 0.2) is 0 Å². The van der Waals surface area contributed by atoms with Gasteiger partial charge in [-0.15, -0.1) is 0 Å². The number of ether oxygens (including phenoxy) is 1. The monoisotopic (exact) mass is 321 g/mol. The Morgan fingerprint density at radius 2 is 2.09 bits per heavy atom. The zero-order valence-electron chi connectivity index (χ0n) is 14.0. The van der Waals surface area contributed by atoms with Crippen LogP contribution in [0.3, 0.4) is 0 Å². The Labute approximate surface area is 137 Å². The summed E-state index contributed by atoms with van der Waals surface area (Å²) in [5.74, 6) is 2.41. The minimum Gasteiger partial charge on any atom is -0.381 e. The summed E-state index contributed by atoms with van der Waals surface area (Å²) < 4.78 is 7.30. The Hall–Kier alpha value is -1.47. The first-order chi connectivity index (χ1) is 11.1. The van der Waals surface area contributed by atoms with Gasteiger partial charge in [0.2, 0.25) is 5.91 Å². The largest absolute Gasteiger partial charge is 0.381 e. The standard InChI is InChI=1S/C16H27N5O2/c1-11(2)16-19-14-4-3-13(10-21(14)20-16)17-9-15(22)18-12-5-7-23-8-6-12/h11-13,17H,3-10H2,1-2H3,(H,18,22)/t13-/m1/s1. The van der Waals surface area contributed by atoms with Crippen LogP contribution in [0.5, 0.6) is 0 Å². The van der Waals surface area contributed by atoms with Crippen LogP contribution in [0.4, 0.5) is 0 Å². The highest BCUT2D eigenvalue weighted by atomic mass is 16.5. The summed E-state index contributed by atoms with van der Waals surface area (Å²) in [6, 6.07) is 0.546. The summed E-state index contributed by atoms with van der Waals surface area (Å²) in [6.45, 7) is 6.86. The van der Waals surface area contributed by atoms with Crippen molar-refractivity contribution in [2.24, 2.45) is 0 Å². The second-order valence-corrected chi connectivity index (χ2v) is 6.79. The number of rotatable bonds is 5. The van der Waals surface area contributed by atoms with E-state index in [1.54, 1.807) is 0 Å². The Balaban J connectivity index is 1.44. The third-order valence-electron chi connectivity index (χ3n) is 4.53. The minimum absolute atomic E-state index is 0.0733. The molecule has 3 rings (SSSR count). The van der Waals surface area contributed by atoms with E-state index in [-0.39, 0.29) is 18.0 Å². The van der Waals surface area contributed by atoms with Crippen molar-refractivity contribution >= 4 is 5.91 Å². The van der Waals surface area contributed by atoms with E-state index in [0.29, 0.717) is 12.5 Å². The van der Waals surface area contributed by atoms with Crippen LogP contribution >= 0.6 is 0 Å². The fourth-order valence-electron chi connectivity index (χ4n) is 3.10. The maximum absolute atomic E-state index is 12.0. The molecule has 0 bridgehead atoms. The molecule has 1 aromatic heterocycles. The molecule has 0 spiro atoms. The highest BCUT2D eigenvalue weighted by Crippen LogP contribution is 2.16. The molecule has 0 unspecified atom stereocenters. The summed E-state index contributed by atoms with van der Waals surface area (Å²) in [7, 11) is 0.